The van der Waals surface area contributed by atoms with E-state index >= 15 is 0 Å². The average Bonchev–Trinajstić information content (AvgIpc) is 3.51. The molecule has 4 aromatic heterocycles. The molecule has 0 saturated carbocycles. The van der Waals surface area contributed by atoms with Gasteiger partial charge >= 0.3 is 0 Å². The zero-order chi connectivity index (χ0) is 35.4. The zero-order valence-electron chi connectivity index (χ0n) is 31.0. The number of aryl methyl sites for hydroxylation is 2. The van der Waals surface area contributed by atoms with Crippen molar-refractivity contribution >= 4 is 22.1 Å². The molecule has 0 amide bonds. The summed E-state index contributed by atoms with van der Waals surface area (Å²) in [6, 6.07) is 35.6. The van der Waals surface area contributed by atoms with Crippen LogP contribution in [0.2, 0.25) is 0 Å². The molecule has 4 heterocycles. The first-order valence-electron chi connectivity index (χ1n) is 17.9. The monoisotopic (exact) mass is 850 g/mol. The van der Waals surface area contributed by atoms with Gasteiger partial charge in [0.15, 0.2) is 0 Å². The van der Waals surface area contributed by atoms with Crippen LogP contribution >= 0.6 is 0 Å². The molecule has 7 aromatic rings. The Morgan fingerprint density at radius 2 is 1.37 bits per heavy atom. The maximum atomic E-state index is 6.48. The molecule has 3 aromatic carbocycles. The first-order valence-corrected chi connectivity index (χ1v) is 17.9. The van der Waals surface area contributed by atoms with E-state index in [1.807, 2.05) is 55.7 Å². The van der Waals surface area contributed by atoms with E-state index in [-0.39, 0.29) is 20.1 Å². The number of hydrogen-bond acceptors (Lipinski definition) is 4. The van der Waals surface area contributed by atoms with E-state index in [0.717, 1.165) is 57.4 Å². The summed E-state index contributed by atoms with van der Waals surface area (Å²) in [5, 5.41) is 2.07. The Hall–Kier alpha value is -4.44. The fourth-order valence-corrected chi connectivity index (χ4v) is 6.84. The fraction of sp³-hybridized carbons (Fsp3) is 0.283. The van der Waals surface area contributed by atoms with Crippen LogP contribution in [0, 0.1) is 26.0 Å². The normalized spacial score (nSPS) is 11.3. The van der Waals surface area contributed by atoms with Crippen LogP contribution in [-0.4, -0.2) is 15.0 Å². The zero-order valence-corrected chi connectivity index (χ0v) is 33.4. The first kappa shape index (κ1) is 37.8. The van der Waals surface area contributed by atoms with Gasteiger partial charge in [-0.25, -0.2) is 4.98 Å². The third-order valence-corrected chi connectivity index (χ3v) is 9.66. The Bertz CT molecular complexity index is 2190. The van der Waals surface area contributed by atoms with Gasteiger partial charge < -0.3 is 14.4 Å². The summed E-state index contributed by atoms with van der Waals surface area (Å²) in [4.78, 5) is 14.3. The molecular weight excluding hydrogens is 803 g/mol. The van der Waals surface area contributed by atoms with Crippen LogP contribution in [0.15, 0.2) is 102 Å². The minimum Gasteiger partial charge on any atom is -0.486 e. The summed E-state index contributed by atoms with van der Waals surface area (Å²) in [7, 11) is 0. The smallest absolute Gasteiger partial charge is 0.216 e. The van der Waals surface area contributed by atoms with Gasteiger partial charge in [-0.05, 0) is 90.2 Å². The van der Waals surface area contributed by atoms with Gasteiger partial charge in [-0.3, -0.25) is 0 Å². The predicted molar refractivity (Wildman–Crippen MR) is 209 cm³/mol. The number of nitrogens with zero attached hydrogens (tertiary/aromatic N) is 3. The molecular formula is C46H47IrN3O-2. The number of hydrogen-bond donors (Lipinski definition) is 0. The average molecular weight is 850 g/mol. The van der Waals surface area contributed by atoms with Crippen molar-refractivity contribution in [1.82, 2.24) is 15.0 Å². The minimum atomic E-state index is 0. The molecule has 0 aliphatic carbocycles. The molecule has 0 aliphatic heterocycles. The van der Waals surface area contributed by atoms with Crippen molar-refractivity contribution < 1.29 is 24.5 Å². The van der Waals surface area contributed by atoms with Crippen LogP contribution in [0.1, 0.15) is 100.0 Å². The summed E-state index contributed by atoms with van der Waals surface area (Å²) >= 11 is 0. The SMILES string of the molecule is CCC(CC)c1cnc(-c2[c-]ccc3c2oc2nc(-c4c(C(C)C)cccc4C(C)C)ccc23)cc1C.Cc1ccc(-c2[c-]cccc2)nc1.[Ir]. The van der Waals surface area contributed by atoms with Crippen LogP contribution in [0.25, 0.3) is 55.8 Å². The van der Waals surface area contributed by atoms with Crippen LogP contribution in [0.3, 0.4) is 0 Å². The third-order valence-electron chi connectivity index (χ3n) is 9.66. The van der Waals surface area contributed by atoms with Gasteiger partial charge in [0.2, 0.25) is 5.71 Å². The van der Waals surface area contributed by atoms with E-state index in [0.29, 0.717) is 23.5 Å². The van der Waals surface area contributed by atoms with E-state index in [1.165, 1.54) is 33.4 Å². The van der Waals surface area contributed by atoms with Crippen molar-refractivity contribution in [3.8, 4) is 33.8 Å². The second-order valence-corrected chi connectivity index (χ2v) is 13.8. The Balaban J connectivity index is 0.000000302. The largest absolute Gasteiger partial charge is 0.486 e. The number of pyridine rings is 3. The number of aromatic nitrogens is 3. The van der Waals surface area contributed by atoms with E-state index in [9.17, 15) is 0 Å². The number of fused-ring (bicyclic) bond motifs is 3. The van der Waals surface area contributed by atoms with E-state index in [4.69, 9.17) is 14.4 Å². The van der Waals surface area contributed by atoms with Crippen molar-refractivity contribution in [3.05, 3.63) is 137 Å². The first-order chi connectivity index (χ1) is 24.2. The third kappa shape index (κ3) is 8.06. The van der Waals surface area contributed by atoms with Crippen LogP contribution < -0.4 is 0 Å². The standard InChI is InChI=1S/C34H37N2O.C12H10N.Ir/c1-8-23(9-2)29-19-35-31(18-22(29)7)28-15-11-14-26-27-16-17-30(36-34(27)37-33(26)28)32-24(20(3)4)12-10-13-25(32)21(5)6;1-10-7-8-12(13-9-10)11-5-3-2-4-6-11;/h10-14,16-21,23H,8-9H2,1-7H3;2-5,7-9H,1H3;/q2*-1;. The Morgan fingerprint density at radius 1 is 0.667 bits per heavy atom. The Morgan fingerprint density at radius 3 is 1.98 bits per heavy atom. The number of furan rings is 1. The molecule has 0 N–H and O–H groups in total. The molecule has 4 nitrogen and oxygen atoms in total. The molecule has 0 fully saturated rings. The van der Waals surface area contributed by atoms with E-state index in [1.54, 1.807) is 0 Å². The quantitative estimate of drug-likeness (QED) is 0.143. The summed E-state index contributed by atoms with van der Waals surface area (Å²) in [5.74, 6) is 1.35. The number of benzene rings is 3. The predicted octanol–water partition coefficient (Wildman–Crippen LogP) is 12.8. The van der Waals surface area contributed by atoms with E-state index in [2.05, 4.69) is 114 Å². The Kier molecular flexibility index (Phi) is 12.4. The van der Waals surface area contributed by atoms with Gasteiger partial charge in [0.1, 0.15) is 0 Å². The van der Waals surface area contributed by atoms with Gasteiger partial charge in [0.25, 0.3) is 0 Å². The van der Waals surface area contributed by atoms with E-state index < -0.39 is 0 Å². The molecule has 51 heavy (non-hydrogen) atoms. The van der Waals surface area contributed by atoms with Gasteiger partial charge in [-0.15, -0.1) is 54.1 Å². The van der Waals surface area contributed by atoms with Crippen molar-refractivity contribution in [3.63, 3.8) is 0 Å². The molecule has 1 radical (unpaired) electrons. The Labute approximate surface area is 317 Å². The maximum absolute atomic E-state index is 6.48. The molecule has 0 bridgehead atoms. The molecule has 5 heteroatoms. The molecule has 0 aliphatic rings. The van der Waals surface area contributed by atoms with Crippen molar-refractivity contribution in [1.29, 1.82) is 0 Å². The van der Waals surface area contributed by atoms with Crippen molar-refractivity contribution in [2.45, 2.75) is 86.0 Å². The number of rotatable bonds is 8. The molecule has 0 unspecified atom stereocenters. The molecule has 263 valence electrons. The second kappa shape index (κ2) is 16.7. The van der Waals surface area contributed by atoms with Crippen LogP contribution in [0.5, 0.6) is 0 Å². The summed E-state index contributed by atoms with van der Waals surface area (Å²) in [5.41, 5.74) is 13.9. The van der Waals surface area contributed by atoms with Gasteiger partial charge in [0.05, 0.1) is 11.3 Å². The minimum absolute atomic E-state index is 0. The van der Waals surface area contributed by atoms with Crippen molar-refractivity contribution in [2.75, 3.05) is 0 Å². The molecule has 0 saturated heterocycles. The van der Waals surface area contributed by atoms with Crippen molar-refractivity contribution in [2.24, 2.45) is 0 Å². The van der Waals surface area contributed by atoms with Gasteiger partial charge in [0, 0.05) is 43.4 Å². The summed E-state index contributed by atoms with van der Waals surface area (Å²) in [6.07, 6.45) is 6.16. The molecule has 0 spiro atoms. The molecule has 0 atom stereocenters. The fourth-order valence-electron chi connectivity index (χ4n) is 6.84. The maximum Gasteiger partial charge on any atom is 0.216 e. The summed E-state index contributed by atoms with van der Waals surface area (Å²) < 4.78 is 6.48. The summed E-state index contributed by atoms with van der Waals surface area (Å²) in [6.45, 7) is 17.7. The second-order valence-electron chi connectivity index (χ2n) is 13.8. The van der Waals surface area contributed by atoms with Gasteiger partial charge in [-0.1, -0.05) is 94.5 Å². The van der Waals surface area contributed by atoms with Crippen LogP contribution in [-0.2, 0) is 20.1 Å². The van der Waals surface area contributed by atoms with Crippen LogP contribution in [0.4, 0.5) is 0 Å². The molecule has 7 rings (SSSR count). The van der Waals surface area contributed by atoms with Gasteiger partial charge in [-0.2, -0.15) is 0 Å². The topological polar surface area (TPSA) is 51.8 Å².